The highest BCUT2D eigenvalue weighted by atomic mass is 14.3. The maximum atomic E-state index is 8.94. The number of hydrogen-bond acceptors (Lipinski definition) is 1. The third-order valence-corrected chi connectivity index (χ3v) is 2.10. The molecule has 13 heavy (non-hydrogen) atoms. The number of nitrogens with zero attached hydrogens (tertiary/aromatic N) is 1. The highest BCUT2D eigenvalue weighted by Crippen LogP contribution is 2.31. The van der Waals surface area contributed by atoms with Crippen LogP contribution in [-0.2, 0) is 0 Å². The Hall–Kier alpha value is -1.55. The summed E-state index contributed by atoms with van der Waals surface area (Å²) in [6.07, 6.45) is 9.60. The van der Waals surface area contributed by atoms with Crippen LogP contribution in [0, 0.1) is 11.3 Å². The molecule has 0 aromatic carbocycles. The molecular formula is C12H13N. The van der Waals surface area contributed by atoms with Gasteiger partial charge in [-0.3, -0.25) is 0 Å². The van der Waals surface area contributed by atoms with E-state index in [-0.39, 0.29) is 0 Å². The van der Waals surface area contributed by atoms with Gasteiger partial charge in [0.05, 0.1) is 11.6 Å². The van der Waals surface area contributed by atoms with Crippen LogP contribution in [-0.4, -0.2) is 0 Å². The van der Waals surface area contributed by atoms with Crippen molar-refractivity contribution in [3.05, 3.63) is 47.6 Å². The molecular weight excluding hydrogens is 158 g/mol. The van der Waals surface area contributed by atoms with Crippen molar-refractivity contribution in [3.8, 4) is 6.07 Å². The molecule has 0 saturated carbocycles. The lowest BCUT2D eigenvalue weighted by molar-refractivity contribution is 1.03. The van der Waals surface area contributed by atoms with E-state index in [4.69, 9.17) is 5.26 Å². The van der Waals surface area contributed by atoms with Gasteiger partial charge in [0, 0.05) is 0 Å². The lowest BCUT2D eigenvalue weighted by atomic mass is 10.1. The first-order valence-corrected chi connectivity index (χ1v) is 4.41. The molecule has 0 bridgehead atoms. The highest BCUT2D eigenvalue weighted by molar-refractivity contribution is 5.54. The average Bonchev–Trinajstić information content (AvgIpc) is 2.49. The van der Waals surface area contributed by atoms with Crippen molar-refractivity contribution in [2.75, 3.05) is 0 Å². The standard InChI is InChI=1S/C12H13N/c1-3-5-10-7-8-11(6-4-2)12(10)9-13/h3-6H,1,7-8H2,2H3/b6-4+,10-5+. The van der Waals surface area contributed by atoms with Crippen LogP contribution in [0.25, 0.3) is 0 Å². The van der Waals surface area contributed by atoms with Gasteiger partial charge in [0.2, 0.25) is 0 Å². The van der Waals surface area contributed by atoms with E-state index in [9.17, 15) is 0 Å². The van der Waals surface area contributed by atoms with Crippen molar-refractivity contribution in [1.82, 2.24) is 0 Å². The molecule has 1 nitrogen and oxygen atoms in total. The van der Waals surface area contributed by atoms with Gasteiger partial charge >= 0.3 is 0 Å². The van der Waals surface area contributed by atoms with E-state index in [2.05, 4.69) is 12.6 Å². The quantitative estimate of drug-likeness (QED) is 0.625. The maximum Gasteiger partial charge on any atom is 0.0997 e. The van der Waals surface area contributed by atoms with E-state index in [0.717, 1.165) is 29.6 Å². The summed E-state index contributed by atoms with van der Waals surface area (Å²) in [5.74, 6) is 0. The van der Waals surface area contributed by atoms with Gasteiger partial charge in [-0.05, 0) is 30.9 Å². The molecule has 0 N–H and O–H groups in total. The van der Waals surface area contributed by atoms with E-state index in [1.165, 1.54) is 0 Å². The van der Waals surface area contributed by atoms with Crippen LogP contribution in [0.15, 0.2) is 47.6 Å². The van der Waals surface area contributed by atoms with E-state index >= 15 is 0 Å². The Morgan fingerprint density at radius 2 is 2.23 bits per heavy atom. The largest absolute Gasteiger partial charge is 0.192 e. The summed E-state index contributed by atoms with van der Waals surface area (Å²) in [7, 11) is 0. The minimum atomic E-state index is 0.831. The van der Waals surface area contributed by atoms with Crippen molar-refractivity contribution < 1.29 is 0 Å². The van der Waals surface area contributed by atoms with E-state index in [1.807, 2.05) is 25.2 Å². The number of rotatable bonds is 2. The van der Waals surface area contributed by atoms with Crippen molar-refractivity contribution in [2.24, 2.45) is 0 Å². The Balaban J connectivity index is 3.07. The van der Waals surface area contributed by atoms with Crippen molar-refractivity contribution >= 4 is 0 Å². The van der Waals surface area contributed by atoms with Crippen LogP contribution in [0.4, 0.5) is 0 Å². The third-order valence-electron chi connectivity index (χ3n) is 2.10. The Morgan fingerprint density at radius 1 is 1.46 bits per heavy atom. The van der Waals surface area contributed by atoms with Gasteiger partial charge in [0.1, 0.15) is 0 Å². The second-order valence-electron chi connectivity index (χ2n) is 2.94. The summed E-state index contributed by atoms with van der Waals surface area (Å²) in [5.41, 5.74) is 3.10. The van der Waals surface area contributed by atoms with Gasteiger partial charge in [-0.25, -0.2) is 0 Å². The van der Waals surface area contributed by atoms with Crippen LogP contribution >= 0.6 is 0 Å². The zero-order valence-corrected chi connectivity index (χ0v) is 7.88. The predicted molar refractivity (Wildman–Crippen MR) is 55.0 cm³/mol. The van der Waals surface area contributed by atoms with Crippen molar-refractivity contribution in [3.63, 3.8) is 0 Å². The van der Waals surface area contributed by atoms with Crippen molar-refractivity contribution in [1.29, 1.82) is 5.26 Å². The fourth-order valence-corrected chi connectivity index (χ4v) is 1.55. The lowest BCUT2D eigenvalue weighted by Gasteiger charge is -1.93. The van der Waals surface area contributed by atoms with Crippen LogP contribution in [0.5, 0.6) is 0 Å². The maximum absolute atomic E-state index is 8.94. The van der Waals surface area contributed by atoms with Gasteiger partial charge in [0.15, 0.2) is 0 Å². The summed E-state index contributed by atoms with van der Waals surface area (Å²) >= 11 is 0. The molecule has 1 heteroatoms. The third kappa shape index (κ3) is 1.97. The Morgan fingerprint density at radius 3 is 2.77 bits per heavy atom. The fraction of sp³-hybridized carbons (Fsp3) is 0.250. The molecule has 0 radical (unpaired) electrons. The Kier molecular flexibility index (Phi) is 3.28. The monoisotopic (exact) mass is 171 g/mol. The first-order chi connectivity index (χ1) is 6.33. The van der Waals surface area contributed by atoms with Gasteiger partial charge in [-0.2, -0.15) is 5.26 Å². The first-order valence-electron chi connectivity index (χ1n) is 4.41. The molecule has 0 fully saturated rings. The SMILES string of the molecule is C=C/C=C1\CCC(/C=C/C)=C1C#N. The minimum Gasteiger partial charge on any atom is -0.192 e. The van der Waals surface area contributed by atoms with E-state index in [0.29, 0.717) is 0 Å². The van der Waals surface area contributed by atoms with E-state index < -0.39 is 0 Å². The molecule has 0 aromatic rings. The zero-order chi connectivity index (χ0) is 9.68. The number of nitriles is 1. The molecule has 66 valence electrons. The summed E-state index contributed by atoms with van der Waals surface area (Å²) in [6.45, 7) is 5.61. The molecule has 0 aliphatic heterocycles. The molecule has 0 amide bonds. The number of allylic oxidation sites excluding steroid dienone is 7. The molecule has 1 aliphatic carbocycles. The Labute approximate surface area is 79.4 Å². The van der Waals surface area contributed by atoms with Crippen LogP contribution in [0.1, 0.15) is 19.8 Å². The Bertz CT molecular complexity index is 335. The van der Waals surface area contributed by atoms with Crippen LogP contribution in [0.2, 0.25) is 0 Å². The lowest BCUT2D eigenvalue weighted by Crippen LogP contribution is -1.79. The minimum absolute atomic E-state index is 0.831. The van der Waals surface area contributed by atoms with Crippen molar-refractivity contribution in [2.45, 2.75) is 19.8 Å². The van der Waals surface area contributed by atoms with Gasteiger partial charge in [-0.1, -0.05) is 30.9 Å². The molecule has 1 rings (SSSR count). The zero-order valence-electron chi connectivity index (χ0n) is 7.88. The van der Waals surface area contributed by atoms with Gasteiger partial charge in [0.25, 0.3) is 0 Å². The average molecular weight is 171 g/mol. The first kappa shape index (κ1) is 9.54. The highest BCUT2D eigenvalue weighted by Gasteiger charge is 2.16. The molecule has 0 saturated heterocycles. The van der Waals surface area contributed by atoms with Gasteiger partial charge < -0.3 is 0 Å². The topological polar surface area (TPSA) is 23.8 Å². The molecule has 0 spiro atoms. The predicted octanol–water partition coefficient (Wildman–Crippen LogP) is 3.29. The summed E-state index contributed by atoms with van der Waals surface area (Å²) in [4.78, 5) is 0. The summed E-state index contributed by atoms with van der Waals surface area (Å²) in [5, 5.41) is 8.94. The molecule has 1 aliphatic rings. The van der Waals surface area contributed by atoms with Crippen LogP contribution in [0.3, 0.4) is 0 Å². The van der Waals surface area contributed by atoms with Crippen LogP contribution < -0.4 is 0 Å². The normalized spacial score (nSPS) is 19.8. The number of hydrogen-bond donors (Lipinski definition) is 0. The molecule has 0 heterocycles. The van der Waals surface area contributed by atoms with Gasteiger partial charge in [-0.15, -0.1) is 0 Å². The molecule has 0 atom stereocenters. The summed E-state index contributed by atoms with van der Waals surface area (Å²) < 4.78 is 0. The second-order valence-corrected chi connectivity index (χ2v) is 2.94. The fourth-order valence-electron chi connectivity index (χ4n) is 1.55. The summed E-state index contributed by atoms with van der Waals surface area (Å²) in [6, 6.07) is 2.25. The van der Waals surface area contributed by atoms with E-state index in [1.54, 1.807) is 6.08 Å². The smallest absolute Gasteiger partial charge is 0.0997 e. The second kappa shape index (κ2) is 4.47. The molecule has 0 aromatic heterocycles. The molecule has 0 unspecified atom stereocenters.